The zero-order valence-corrected chi connectivity index (χ0v) is 16.8. The molecule has 3 heterocycles. The number of hydrogen-bond donors (Lipinski definition) is 0. The number of hydrazone groups is 1. The van der Waals surface area contributed by atoms with Gasteiger partial charge in [-0.15, -0.1) is 0 Å². The zero-order valence-electron chi connectivity index (χ0n) is 16.8. The van der Waals surface area contributed by atoms with Crippen LogP contribution in [0.15, 0.2) is 39.0 Å². The molecule has 8 nitrogen and oxygen atoms in total. The summed E-state index contributed by atoms with van der Waals surface area (Å²) in [6.45, 7) is 8.63. The third-order valence-electron chi connectivity index (χ3n) is 5.39. The molecule has 0 saturated carbocycles. The van der Waals surface area contributed by atoms with Gasteiger partial charge in [0.1, 0.15) is 0 Å². The maximum Gasteiger partial charge on any atom is 0.332 e. The second-order valence-corrected chi connectivity index (χ2v) is 7.31. The minimum atomic E-state index is -0.356. The van der Waals surface area contributed by atoms with E-state index >= 15 is 0 Å². The van der Waals surface area contributed by atoms with Gasteiger partial charge in [-0.05, 0) is 33.3 Å². The third-order valence-corrected chi connectivity index (χ3v) is 5.39. The summed E-state index contributed by atoms with van der Waals surface area (Å²) < 4.78 is 4.59. The number of anilines is 1. The number of imidazole rings is 1. The molecule has 28 heavy (non-hydrogen) atoms. The molecule has 1 aromatic carbocycles. The molecule has 8 heteroatoms. The van der Waals surface area contributed by atoms with E-state index in [1.165, 1.54) is 14.7 Å². The van der Waals surface area contributed by atoms with Crippen LogP contribution in [0.25, 0.3) is 11.2 Å². The van der Waals surface area contributed by atoms with E-state index in [1.54, 1.807) is 14.0 Å². The van der Waals surface area contributed by atoms with Crippen molar-refractivity contribution < 1.29 is 0 Å². The minimum absolute atomic E-state index is 0.121. The van der Waals surface area contributed by atoms with Crippen LogP contribution >= 0.6 is 0 Å². The van der Waals surface area contributed by atoms with E-state index in [9.17, 15) is 9.59 Å². The molecule has 0 bridgehead atoms. The van der Waals surface area contributed by atoms with E-state index in [0.717, 1.165) is 11.3 Å². The topological polar surface area (TPSA) is 77.4 Å². The van der Waals surface area contributed by atoms with Gasteiger partial charge < -0.3 is 0 Å². The Labute approximate surface area is 162 Å². The van der Waals surface area contributed by atoms with E-state index in [4.69, 9.17) is 5.10 Å². The molecule has 4 rings (SSSR count). The van der Waals surface area contributed by atoms with Crippen molar-refractivity contribution in [1.82, 2.24) is 18.7 Å². The van der Waals surface area contributed by atoms with Crippen LogP contribution in [0.5, 0.6) is 0 Å². The van der Waals surface area contributed by atoms with Gasteiger partial charge in [-0.1, -0.05) is 29.8 Å². The van der Waals surface area contributed by atoms with Gasteiger partial charge in [-0.3, -0.25) is 18.5 Å². The standard InChI is InChI=1S/C20H24N6O2/c1-6-24-18(27)16-17(23(5)20(24)28)21-19-25(22-13(3)14(4)26(16)19)11-15-9-7-8-12(2)10-15/h7-10,14H,6,11H2,1-5H3/t14-/m1/s1. The molecular formula is C20H24N6O2. The van der Waals surface area contributed by atoms with Crippen molar-refractivity contribution in [3.63, 3.8) is 0 Å². The second kappa shape index (κ2) is 6.47. The molecule has 0 spiro atoms. The number of rotatable bonds is 3. The number of benzene rings is 1. The summed E-state index contributed by atoms with van der Waals surface area (Å²) in [5, 5.41) is 6.53. The first kappa shape index (κ1) is 18.2. The van der Waals surface area contributed by atoms with Crippen molar-refractivity contribution in [2.24, 2.45) is 12.1 Å². The summed E-state index contributed by atoms with van der Waals surface area (Å²) in [4.78, 5) is 30.3. The van der Waals surface area contributed by atoms with Crippen molar-refractivity contribution in [3.8, 4) is 0 Å². The lowest BCUT2D eigenvalue weighted by atomic mass is 10.1. The molecule has 0 fully saturated rings. The molecule has 1 atom stereocenters. The van der Waals surface area contributed by atoms with E-state index in [-0.39, 0.29) is 17.3 Å². The fourth-order valence-corrected chi connectivity index (χ4v) is 3.75. The Bertz CT molecular complexity index is 1230. The quantitative estimate of drug-likeness (QED) is 0.698. The van der Waals surface area contributed by atoms with Crippen LogP contribution < -0.4 is 16.3 Å². The van der Waals surface area contributed by atoms with Crippen molar-refractivity contribution in [2.45, 2.75) is 46.8 Å². The normalized spacial score (nSPS) is 16.4. The van der Waals surface area contributed by atoms with Gasteiger partial charge >= 0.3 is 5.69 Å². The fourth-order valence-electron chi connectivity index (χ4n) is 3.75. The Morgan fingerprint density at radius 1 is 1.18 bits per heavy atom. The lowest BCUT2D eigenvalue weighted by Gasteiger charge is -2.29. The van der Waals surface area contributed by atoms with Gasteiger partial charge in [0.05, 0.1) is 18.3 Å². The highest BCUT2D eigenvalue weighted by Crippen LogP contribution is 2.30. The molecule has 0 unspecified atom stereocenters. The van der Waals surface area contributed by atoms with Gasteiger partial charge in [-0.2, -0.15) is 10.1 Å². The number of hydrogen-bond acceptors (Lipinski definition) is 5. The predicted molar refractivity (Wildman–Crippen MR) is 110 cm³/mol. The summed E-state index contributed by atoms with van der Waals surface area (Å²) in [6.07, 6.45) is 0. The number of nitrogens with zero attached hydrogens (tertiary/aromatic N) is 6. The van der Waals surface area contributed by atoms with Crippen molar-refractivity contribution in [3.05, 3.63) is 56.2 Å². The lowest BCUT2D eigenvalue weighted by Crippen LogP contribution is -2.40. The highest BCUT2D eigenvalue weighted by molar-refractivity contribution is 5.91. The van der Waals surface area contributed by atoms with Gasteiger partial charge in [0.25, 0.3) is 5.56 Å². The first-order valence-corrected chi connectivity index (χ1v) is 9.43. The zero-order chi connectivity index (χ0) is 20.2. The SMILES string of the molecule is CCn1c(=O)c2c(nc3n2[C@H](C)C(C)=NN3Cc2cccc(C)c2)n(C)c1=O. The predicted octanol–water partition coefficient (Wildman–Crippen LogP) is 2.18. The Kier molecular flexibility index (Phi) is 4.21. The van der Waals surface area contributed by atoms with Crippen LogP contribution in [0.4, 0.5) is 5.95 Å². The average Bonchev–Trinajstić information content (AvgIpc) is 3.06. The van der Waals surface area contributed by atoms with Crippen molar-refractivity contribution in [1.29, 1.82) is 0 Å². The maximum absolute atomic E-state index is 13.1. The summed E-state index contributed by atoms with van der Waals surface area (Å²) in [6, 6.07) is 8.09. The van der Waals surface area contributed by atoms with Crippen LogP contribution in [-0.2, 0) is 20.1 Å². The van der Waals surface area contributed by atoms with E-state index in [2.05, 4.69) is 24.0 Å². The van der Waals surface area contributed by atoms with Gasteiger partial charge in [0.2, 0.25) is 5.95 Å². The fraction of sp³-hybridized carbons (Fsp3) is 0.400. The van der Waals surface area contributed by atoms with Crippen molar-refractivity contribution >= 4 is 22.8 Å². The maximum atomic E-state index is 13.1. The summed E-state index contributed by atoms with van der Waals surface area (Å²) in [7, 11) is 1.65. The van der Waals surface area contributed by atoms with E-state index < -0.39 is 0 Å². The molecule has 3 aromatic rings. The second-order valence-electron chi connectivity index (χ2n) is 7.31. The van der Waals surface area contributed by atoms with Crippen LogP contribution in [0.1, 0.15) is 37.9 Å². The van der Waals surface area contributed by atoms with E-state index in [1.807, 2.05) is 35.6 Å². The van der Waals surface area contributed by atoms with Gasteiger partial charge in [-0.25, -0.2) is 9.80 Å². The first-order valence-electron chi connectivity index (χ1n) is 9.43. The van der Waals surface area contributed by atoms with Gasteiger partial charge in [0.15, 0.2) is 11.2 Å². The highest BCUT2D eigenvalue weighted by Gasteiger charge is 2.30. The molecular weight excluding hydrogens is 356 g/mol. The average molecular weight is 380 g/mol. The molecule has 146 valence electrons. The number of fused-ring (bicyclic) bond motifs is 3. The first-order chi connectivity index (χ1) is 13.3. The third kappa shape index (κ3) is 2.59. The molecule has 0 N–H and O–H groups in total. The number of aromatic nitrogens is 4. The Morgan fingerprint density at radius 2 is 1.93 bits per heavy atom. The molecule has 0 aliphatic carbocycles. The van der Waals surface area contributed by atoms with Crippen LogP contribution in [0.3, 0.4) is 0 Å². The van der Waals surface area contributed by atoms with Crippen LogP contribution in [0.2, 0.25) is 0 Å². The summed E-state index contributed by atoms with van der Waals surface area (Å²) in [5.41, 5.74) is 3.32. The highest BCUT2D eigenvalue weighted by atomic mass is 16.2. The lowest BCUT2D eigenvalue weighted by molar-refractivity contribution is 0.618. The molecule has 0 radical (unpaired) electrons. The van der Waals surface area contributed by atoms with E-state index in [0.29, 0.717) is 30.2 Å². The molecule has 2 aromatic heterocycles. The molecule has 0 saturated heterocycles. The van der Waals surface area contributed by atoms with Crippen molar-refractivity contribution in [2.75, 3.05) is 5.01 Å². The van der Waals surface area contributed by atoms with Crippen LogP contribution in [0, 0.1) is 6.92 Å². The largest absolute Gasteiger partial charge is 0.332 e. The van der Waals surface area contributed by atoms with Crippen LogP contribution in [-0.4, -0.2) is 24.4 Å². The molecule has 1 aliphatic heterocycles. The Balaban J connectivity index is 1.97. The molecule has 1 aliphatic rings. The Morgan fingerprint density at radius 3 is 2.61 bits per heavy atom. The Hall–Kier alpha value is -3.16. The number of aryl methyl sites for hydroxylation is 2. The molecule has 0 amide bonds. The van der Waals surface area contributed by atoms with Gasteiger partial charge in [0, 0.05) is 13.6 Å². The summed E-state index contributed by atoms with van der Waals surface area (Å²) >= 11 is 0. The smallest absolute Gasteiger partial charge is 0.294 e. The summed E-state index contributed by atoms with van der Waals surface area (Å²) in [5.74, 6) is 0.579. The monoisotopic (exact) mass is 380 g/mol. The minimum Gasteiger partial charge on any atom is -0.294 e.